The molecule has 1 rings (SSSR count). The Morgan fingerprint density at radius 3 is 2.29 bits per heavy atom. The molecule has 0 radical (unpaired) electrons. The van der Waals surface area contributed by atoms with Gasteiger partial charge in [-0.05, 0) is 5.56 Å². The molecule has 0 amide bonds. The number of aliphatic hydroxyl groups is 1. The molecule has 0 aliphatic heterocycles. The first-order chi connectivity index (χ1) is 6.50. The topological polar surface area (TPSA) is 29.5 Å². The SMILES string of the molecule is OC(OCc1ccccc1)C(F)(F)F. The Morgan fingerprint density at radius 2 is 1.79 bits per heavy atom. The van der Waals surface area contributed by atoms with Gasteiger partial charge >= 0.3 is 6.18 Å². The third-order valence-electron chi connectivity index (χ3n) is 1.53. The molecule has 1 N–H and O–H groups in total. The lowest BCUT2D eigenvalue weighted by Crippen LogP contribution is -2.30. The van der Waals surface area contributed by atoms with E-state index in [2.05, 4.69) is 4.74 Å². The number of hydrogen-bond acceptors (Lipinski definition) is 2. The van der Waals surface area contributed by atoms with Gasteiger partial charge in [0.25, 0.3) is 6.29 Å². The van der Waals surface area contributed by atoms with Crippen molar-refractivity contribution in [3.8, 4) is 0 Å². The fourth-order valence-electron chi connectivity index (χ4n) is 0.844. The molecule has 0 saturated heterocycles. The minimum absolute atomic E-state index is 0.262. The minimum Gasteiger partial charge on any atom is -0.361 e. The fraction of sp³-hybridized carbons (Fsp3) is 0.333. The first-order valence-corrected chi connectivity index (χ1v) is 3.90. The zero-order valence-corrected chi connectivity index (χ0v) is 7.16. The molecule has 2 nitrogen and oxygen atoms in total. The van der Waals surface area contributed by atoms with E-state index in [4.69, 9.17) is 5.11 Å². The van der Waals surface area contributed by atoms with Gasteiger partial charge in [-0.25, -0.2) is 0 Å². The molecule has 0 bridgehead atoms. The number of rotatable bonds is 3. The number of hydrogen-bond donors (Lipinski definition) is 1. The van der Waals surface area contributed by atoms with Crippen LogP contribution in [0, 0.1) is 0 Å². The Bertz CT molecular complexity index is 271. The van der Waals surface area contributed by atoms with E-state index in [1.54, 1.807) is 30.3 Å². The van der Waals surface area contributed by atoms with Crippen molar-refractivity contribution in [3.63, 3.8) is 0 Å². The van der Waals surface area contributed by atoms with Gasteiger partial charge in [-0.2, -0.15) is 13.2 Å². The average molecular weight is 206 g/mol. The van der Waals surface area contributed by atoms with Gasteiger partial charge in [-0.15, -0.1) is 0 Å². The molecule has 78 valence electrons. The summed E-state index contributed by atoms with van der Waals surface area (Å²) in [5, 5.41) is 8.50. The molecule has 1 unspecified atom stereocenters. The summed E-state index contributed by atoms with van der Waals surface area (Å²) >= 11 is 0. The Kier molecular flexibility index (Phi) is 3.49. The maximum atomic E-state index is 11.8. The lowest BCUT2D eigenvalue weighted by molar-refractivity contribution is -0.297. The molecule has 0 aliphatic carbocycles. The van der Waals surface area contributed by atoms with Crippen molar-refractivity contribution in [2.24, 2.45) is 0 Å². The second-order valence-corrected chi connectivity index (χ2v) is 2.69. The van der Waals surface area contributed by atoms with Gasteiger partial charge in [-0.1, -0.05) is 30.3 Å². The van der Waals surface area contributed by atoms with Crippen LogP contribution in [0.2, 0.25) is 0 Å². The Morgan fingerprint density at radius 1 is 1.21 bits per heavy atom. The van der Waals surface area contributed by atoms with Gasteiger partial charge in [0.2, 0.25) is 0 Å². The first-order valence-electron chi connectivity index (χ1n) is 3.90. The third kappa shape index (κ3) is 3.35. The smallest absolute Gasteiger partial charge is 0.361 e. The van der Waals surface area contributed by atoms with E-state index in [0.29, 0.717) is 5.56 Å². The molecule has 14 heavy (non-hydrogen) atoms. The second kappa shape index (κ2) is 4.43. The van der Waals surface area contributed by atoms with Crippen molar-refractivity contribution >= 4 is 0 Å². The molecule has 1 aromatic rings. The zero-order chi connectivity index (χ0) is 10.6. The summed E-state index contributed by atoms with van der Waals surface area (Å²) in [7, 11) is 0. The maximum Gasteiger partial charge on any atom is 0.439 e. The van der Waals surface area contributed by atoms with E-state index in [1.807, 2.05) is 0 Å². The van der Waals surface area contributed by atoms with Gasteiger partial charge < -0.3 is 9.84 Å². The first kappa shape index (κ1) is 11.0. The molecule has 0 fully saturated rings. The fourth-order valence-corrected chi connectivity index (χ4v) is 0.844. The molecule has 0 heterocycles. The van der Waals surface area contributed by atoms with Crippen molar-refractivity contribution in [2.75, 3.05) is 0 Å². The van der Waals surface area contributed by atoms with E-state index in [9.17, 15) is 13.2 Å². The number of benzene rings is 1. The standard InChI is InChI=1S/C9H9F3O2/c10-9(11,12)8(13)14-6-7-4-2-1-3-5-7/h1-5,8,13H,6H2. The van der Waals surface area contributed by atoms with Crippen molar-refractivity contribution in [2.45, 2.75) is 19.1 Å². The lowest BCUT2D eigenvalue weighted by Gasteiger charge is -2.14. The minimum atomic E-state index is -4.73. The van der Waals surface area contributed by atoms with Crippen LogP contribution in [-0.2, 0) is 11.3 Å². The van der Waals surface area contributed by atoms with E-state index < -0.39 is 12.5 Å². The molecular weight excluding hydrogens is 197 g/mol. The van der Waals surface area contributed by atoms with Gasteiger partial charge in [-0.3, -0.25) is 0 Å². The normalized spacial score (nSPS) is 14.0. The second-order valence-electron chi connectivity index (χ2n) is 2.69. The van der Waals surface area contributed by atoms with Crippen LogP contribution in [-0.4, -0.2) is 17.6 Å². The molecular formula is C9H9F3O2. The molecule has 1 aromatic carbocycles. The van der Waals surface area contributed by atoms with Crippen LogP contribution in [0.5, 0.6) is 0 Å². The molecule has 5 heteroatoms. The van der Waals surface area contributed by atoms with Crippen molar-refractivity contribution in [3.05, 3.63) is 35.9 Å². The largest absolute Gasteiger partial charge is 0.439 e. The Labute approximate surface area is 78.9 Å². The average Bonchev–Trinajstić information content (AvgIpc) is 2.14. The molecule has 1 atom stereocenters. The van der Waals surface area contributed by atoms with Crippen molar-refractivity contribution in [1.82, 2.24) is 0 Å². The van der Waals surface area contributed by atoms with Crippen LogP contribution >= 0.6 is 0 Å². The number of aliphatic hydroxyl groups excluding tert-OH is 1. The van der Waals surface area contributed by atoms with Gasteiger partial charge in [0.1, 0.15) is 0 Å². The number of alkyl halides is 3. The molecule has 0 spiro atoms. The van der Waals surface area contributed by atoms with Crippen molar-refractivity contribution in [1.29, 1.82) is 0 Å². The number of halogens is 3. The molecule has 0 aromatic heterocycles. The summed E-state index contributed by atoms with van der Waals surface area (Å²) in [6, 6.07) is 8.33. The summed E-state index contributed by atoms with van der Waals surface area (Å²) < 4.78 is 39.6. The highest BCUT2D eigenvalue weighted by molar-refractivity contribution is 5.13. The Balaban J connectivity index is 2.42. The van der Waals surface area contributed by atoms with E-state index in [0.717, 1.165) is 0 Å². The van der Waals surface area contributed by atoms with Crippen LogP contribution in [0.3, 0.4) is 0 Å². The highest BCUT2D eigenvalue weighted by Crippen LogP contribution is 2.21. The zero-order valence-electron chi connectivity index (χ0n) is 7.16. The van der Waals surface area contributed by atoms with Gasteiger partial charge in [0.05, 0.1) is 6.61 Å². The van der Waals surface area contributed by atoms with E-state index >= 15 is 0 Å². The van der Waals surface area contributed by atoms with Crippen LogP contribution in [0.15, 0.2) is 30.3 Å². The molecule has 0 saturated carbocycles. The maximum absolute atomic E-state index is 11.8. The van der Waals surface area contributed by atoms with Gasteiger partial charge in [0, 0.05) is 0 Å². The van der Waals surface area contributed by atoms with Crippen LogP contribution in [0.25, 0.3) is 0 Å². The lowest BCUT2D eigenvalue weighted by atomic mass is 10.2. The summed E-state index contributed by atoms with van der Waals surface area (Å²) in [5.41, 5.74) is 0.579. The van der Waals surface area contributed by atoms with Crippen LogP contribution in [0.4, 0.5) is 13.2 Å². The van der Waals surface area contributed by atoms with Gasteiger partial charge in [0.15, 0.2) is 0 Å². The van der Waals surface area contributed by atoms with E-state index in [-0.39, 0.29) is 6.61 Å². The summed E-state index contributed by atoms with van der Waals surface area (Å²) in [6.45, 7) is -0.262. The monoisotopic (exact) mass is 206 g/mol. The van der Waals surface area contributed by atoms with Crippen LogP contribution in [0.1, 0.15) is 5.56 Å². The molecule has 0 aliphatic rings. The highest BCUT2D eigenvalue weighted by Gasteiger charge is 2.39. The third-order valence-corrected chi connectivity index (χ3v) is 1.53. The quantitative estimate of drug-likeness (QED) is 0.767. The Hall–Kier alpha value is -1.07. The van der Waals surface area contributed by atoms with Crippen LogP contribution < -0.4 is 0 Å². The summed E-state index contributed by atoms with van der Waals surface area (Å²) in [6.07, 6.45) is -7.45. The number of ether oxygens (including phenoxy) is 1. The predicted octanol–water partition coefficient (Wildman–Crippen LogP) is 2.08. The van der Waals surface area contributed by atoms with E-state index in [1.165, 1.54) is 0 Å². The summed E-state index contributed by atoms with van der Waals surface area (Å²) in [4.78, 5) is 0. The van der Waals surface area contributed by atoms with Crippen molar-refractivity contribution < 1.29 is 23.0 Å². The predicted molar refractivity (Wildman–Crippen MR) is 43.3 cm³/mol. The highest BCUT2D eigenvalue weighted by atomic mass is 19.4. The summed E-state index contributed by atoms with van der Waals surface area (Å²) in [5.74, 6) is 0.